The van der Waals surface area contributed by atoms with E-state index in [9.17, 15) is 24.0 Å². The summed E-state index contributed by atoms with van der Waals surface area (Å²) in [6, 6.07) is 28.4. The molecule has 0 aliphatic carbocycles. The molecule has 0 unspecified atom stereocenters. The number of ether oxygens (including phenoxy) is 7. The number of Topliss-reactive ketones (excluding diaryl/α,β-unsaturated/α-hetero) is 1. The largest absolute Gasteiger partial charge is 0.493 e. The van der Waals surface area contributed by atoms with Crippen LogP contribution in [0.15, 0.2) is 102 Å². The van der Waals surface area contributed by atoms with Gasteiger partial charge in [0.25, 0.3) is 17.7 Å². The molecular weight excluding hydrogens is 989 g/mol. The minimum absolute atomic E-state index is 0.0276. The number of rotatable bonds is 25. The van der Waals surface area contributed by atoms with Gasteiger partial charge < -0.3 is 57.9 Å². The van der Waals surface area contributed by atoms with Crippen LogP contribution in [0.3, 0.4) is 0 Å². The Hall–Kier alpha value is -8.22. The number of benzene rings is 5. The third kappa shape index (κ3) is 12.7. The van der Waals surface area contributed by atoms with Crippen molar-refractivity contribution in [3.8, 4) is 23.0 Å². The summed E-state index contributed by atoms with van der Waals surface area (Å²) >= 11 is 0. The molecule has 4 heterocycles. The number of hydrogen-bond acceptors (Lipinski definition) is 16. The van der Waals surface area contributed by atoms with Crippen LogP contribution < -0.4 is 44.4 Å². The number of anilines is 4. The van der Waals surface area contributed by atoms with Gasteiger partial charge in [-0.3, -0.25) is 19.3 Å². The fourth-order valence-electron chi connectivity index (χ4n) is 9.69. The molecule has 3 amide bonds. The number of fused-ring (bicyclic) bond motifs is 8. The lowest BCUT2D eigenvalue weighted by atomic mass is 10.1. The Balaban J connectivity index is 0.983. The van der Waals surface area contributed by atoms with Crippen molar-refractivity contribution in [3.05, 3.63) is 130 Å². The number of ketones is 1. The molecule has 5 aromatic rings. The van der Waals surface area contributed by atoms with E-state index in [0.717, 1.165) is 45.7 Å². The number of carbonyl (C=O) groups excluding carboxylic acids is 5. The molecule has 0 spiro atoms. The van der Waals surface area contributed by atoms with Crippen LogP contribution in [0.25, 0.3) is 0 Å². The topological polar surface area (TPSA) is 205 Å². The van der Waals surface area contributed by atoms with E-state index in [2.05, 4.69) is 32.6 Å². The van der Waals surface area contributed by atoms with Crippen LogP contribution in [0.2, 0.25) is 0 Å². The summed E-state index contributed by atoms with van der Waals surface area (Å²) in [5.74, 6) is 2.87. The highest BCUT2D eigenvalue weighted by atomic mass is 16.7. The maximum absolute atomic E-state index is 14.2. The van der Waals surface area contributed by atoms with Gasteiger partial charge in [-0.15, -0.1) is 0 Å². The zero-order valence-electron chi connectivity index (χ0n) is 43.6. The molecule has 4 aliphatic rings. The standard InChI is InChI=1S/C58H62N6O13/c1-37(65)15-16-55(66)61-77-56(67)14-9-17-62(18-19-73-22-23-74-21-20-70-2)42-25-38(35-75-53-31-47-45(29-51(53)71-3)57(68)63-43(33-59-47)27-40-10-5-7-12-49(40)63)24-39(26-42)36-76-54-32-48-46(30-52(54)72-4)58(69)64-44(34-60-48)28-41-11-6-8-13-50(41)64/h5-8,10-13,24-26,29-32,43,59H,9,14-23,27-28,33,35-36H2,1-4H3,(H,61,66)/t43-/m0/s1. The highest BCUT2D eigenvalue weighted by Crippen LogP contribution is 2.43. The number of nitrogens with one attached hydrogen (secondary N) is 2. The fourth-order valence-corrected chi connectivity index (χ4v) is 9.69. The summed E-state index contributed by atoms with van der Waals surface area (Å²) in [5.41, 5.74) is 10.7. The van der Waals surface area contributed by atoms with Gasteiger partial charge in [0, 0.05) is 81.8 Å². The predicted octanol–water partition coefficient (Wildman–Crippen LogP) is 7.47. The average molecular weight is 1050 g/mol. The predicted molar refractivity (Wildman–Crippen MR) is 287 cm³/mol. The Morgan fingerprint density at radius 2 is 1.40 bits per heavy atom. The molecule has 5 aromatic carbocycles. The molecule has 0 radical (unpaired) electrons. The number of aliphatic imine (C=N–C) groups is 1. The Labute approximate surface area is 446 Å². The van der Waals surface area contributed by atoms with Crippen molar-refractivity contribution in [2.24, 2.45) is 4.99 Å². The monoisotopic (exact) mass is 1050 g/mol. The maximum atomic E-state index is 14.2. The molecule has 1 atom stereocenters. The summed E-state index contributed by atoms with van der Waals surface area (Å²) in [7, 11) is 4.66. The van der Waals surface area contributed by atoms with E-state index in [4.69, 9.17) is 38.0 Å². The highest BCUT2D eigenvalue weighted by molar-refractivity contribution is 6.15. The summed E-state index contributed by atoms with van der Waals surface area (Å²) in [6.07, 6.45) is 1.51. The van der Waals surface area contributed by atoms with Gasteiger partial charge in [0.1, 0.15) is 19.0 Å². The molecule has 19 heteroatoms. The number of para-hydroxylation sites is 2. The van der Waals surface area contributed by atoms with Crippen molar-refractivity contribution in [2.45, 2.75) is 64.7 Å². The number of hydroxylamine groups is 1. The van der Waals surface area contributed by atoms with Crippen LogP contribution in [0.4, 0.5) is 28.4 Å². The van der Waals surface area contributed by atoms with Crippen molar-refractivity contribution in [1.82, 2.24) is 5.48 Å². The molecule has 4 aliphatic heterocycles. The van der Waals surface area contributed by atoms with Crippen molar-refractivity contribution < 1.29 is 62.0 Å². The van der Waals surface area contributed by atoms with E-state index in [1.165, 1.54) is 21.1 Å². The van der Waals surface area contributed by atoms with Crippen LogP contribution in [0.1, 0.15) is 75.6 Å². The Morgan fingerprint density at radius 1 is 0.727 bits per heavy atom. The second kappa shape index (κ2) is 25.1. The quantitative estimate of drug-likeness (QED) is 0.0430. The summed E-state index contributed by atoms with van der Waals surface area (Å²) in [4.78, 5) is 79.9. The number of allylic oxidation sites excluding steroid dienone is 1. The summed E-state index contributed by atoms with van der Waals surface area (Å²) in [5, 5.41) is 3.50. The molecule has 77 heavy (non-hydrogen) atoms. The molecule has 0 bridgehead atoms. The number of hydrogen-bond donors (Lipinski definition) is 2. The molecule has 9 rings (SSSR count). The SMILES string of the molecule is COCCOCCOCCN(CCCC(=O)ONC(=O)CCC(C)=O)c1cc(COc2cc3c(cc2OC)C(=O)N2C(=C=N3)Cc3ccccc32)cc(COc2cc3c(cc2OC)C(=O)N2c4ccccc4C[C@H]2CN3)c1. The third-order valence-corrected chi connectivity index (χ3v) is 13.5. The van der Waals surface area contributed by atoms with E-state index < -0.39 is 11.9 Å². The Kier molecular flexibility index (Phi) is 17.5. The lowest BCUT2D eigenvalue weighted by Crippen LogP contribution is -2.39. The zero-order valence-corrected chi connectivity index (χ0v) is 43.6. The first kappa shape index (κ1) is 53.6. The summed E-state index contributed by atoms with van der Waals surface area (Å²) < 4.78 is 41.5. The van der Waals surface area contributed by atoms with Crippen LogP contribution in [-0.2, 0) is 59.5 Å². The van der Waals surface area contributed by atoms with Crippen molar-refractivity contribution in [3.63, 3.8) is 0 Å². The van der Waals surface area contributed by atoms with Gasteiger partial charge in [0.2, 0.25) is 0 Å². The van der Waals surface area contributed by atoms with Crippen LogP contribution in [-0.4, -0.2) is 115 Å². The second-order valence-corrected chi connectivity index (χ2v) is 18.8. The first-order valence-corrected chi connectivity index (χ1v) is 25.6. The van der Waals surface area contributed by atoms with Gasteiger partial charge >= 0.3 is 5.97 Å². The van der Waals surface area contributed by atoms with Gasteiger partial charge in [0.15, 0.2) is 23.0 Å². The lowest BCUT2D eigenvalue weighted by molar-refractivity contribution is -0.158. The van der Waals surface area contributed by atoms with Gasteiger partial charge in [-0.25, -0.2) is 9.79 Å². The molecule has 0 saturated heterocycles. The first-order valence-electron chi connectivity index (χ1n) is 25.6. The van der Waals surface area contributed by atoms with Gasteiger partial charge in [-0.1, -0.05) is 36.4 Å². The van der Waals surface area contributed by atoms with Crippen molar-refractivity contribution in [1.29, 1.82) is 0 Å². The van der Waals surface area contributed by atoms with Crippen LogP contribution >= 0.6 is 0 Å². The smallest absolute Gasteiger partial charge is 0.332 e. The van der Waals surface area contributed by atoms with E-state index in [0.29, 0.717) is 117 Å². The molecule has 0 fully saturated rings. The number of carbonyl (C=O) groups is 5. The first-order chi connectivity index (χ1) is 37.5. The van der Waals surface area contributed by atoms with E-state index >= 15 is 0 Å². The van der Waals surface area contributed by atoms with E-state index in [1.54, 1.807) is 36.3 Å². The van der Waals surface area contributed by atoms with E-state index in [-0.39, 0.29) is 56.1 Å². The van der Waals surface area contributed by atoms with Gasteiger partial charge in [0.05, 0.1) is 87.2 Å². The van der Waals surface area contributed by atoms with E-state index in [1.807, 2.05) is 65.6 Å². The lowest BCUT2D eigenvalue weighted by Gasteiger charge is -2.26. The van der Waals surface area contributed by atoms with Crippen molar-refractivity contribution in [2.75, 3.05) is 94.0 Å². The molecule has 2 N–H and O–H groups in total. The van der Waals surface area contributed by atoms with Crippen molar-refractivity contribution >= 4 is 63.8 Å². The molecule has 19 nitrogen and oxygen atoms in total. The molecule has 402 valence electrons. The Bertz CT molecular complexity index is 3100. The van der Waals surface area contributed by atoms with Gasteiger partial charge in [-0.05, 0) is 84.5 Å². The minimum Gasteiger partial charge on any atom is -0.493 e. The third-order valence-electron chi connectivity index (χ3n) is 13.5. The molecule has 0 saturated carbocycles. The normalized spacial score (nSPS) is 14.6. The number of nitrogens with zero attached hydrogens (tertiary/aromatic N) is 4. The maximum Gasteiger partial charge on any atom is 0.332 e. The number of methoxy groups -OCH3 is 3. The Morgan fingerprint density at radius 3 is 2.13 bits per heavy atom. The average Bonchev–Trinajstić information content (AvgIpc) is 3.94. The molecule has 0 aromatic heterocycles. The number of amides is 3. The van der Waals surface area contributed by atoms with Crippen LogP contribution in [0, 0.1) is 0 Å². The molecular formula is C58H62N6O13. The second-order valence-electron chi connectivity index (χ2n) is 18.8. The summed E-state index contributed by atoms with van der Waals surface area (Å²) in [6.45, 7) is 4.74. The van der Waals surface area contributed by atoms with Crippen LogP contribution in [0.5, 0.6) is 23.0 Å². The highest BCUT2D eigenvalue weighted by Gasteiger charge is 2.38. The minimum atomic E-state index is -0.639. The van der Waals surface area contributed by atoms with Gasteiger partial charge in [-0.2, -0.15) is 5.48 Å². The zero-order chi connectivity index (χ0) is 53.8. The fraction of sp³-hybridized carbons (Fsp3) is 0.362.